The molecule has 24 heavy (non-hydrogen) atoms. The van der Waals surface area contributed by atoms with Gasteiger partial charge in [0.15, 0.2) is 5.78 Å². The van der Waals surface area contributed by atoms with Gasteiger partial charge >= 0.3 is 0 Å². The maximum Gasteiger partial charge on any atom is 0.178 e. The minimum absolute atomic E-state index is 0.0382. The van der Waals surface area contributed by atoms with Gasteiger partial charge in [-0.3, -0.25) is 9.69 Å². The fraction of sp³-hybridized carbons (Fsp3) is 0.474. The van der Waals surface area contributed by atoms with E-state index in [1.54, 1.807) is 6.92 Å². The van der Waals surface area contributed by atoms with Crippen LogP contribution in [0.2, 0.25) is 0 Å². The summed E-state index contributed by atoms with van der Waals surface area (Å²) in [7, 11) is 0. The molecule has 1 atom stereocenters. The Morgan fingerprint density at radius 3 is 2.67 bits per heavy atom. The number of aliphatic hydroxyl groups is 1. The minimum atomic E-state index is -0.475. The van der Waals surface area contributed by atoms with Gasteiger partial charge in [0.1, 0.15) is 0 Å². The Bertz CT molecular complexity index is 741. The lowest BCUT2D eigenvalue weighted by Crippen LogP contribution is -2.40. The second-order valence-electron chi connectivity index (χ2n) is 6.46. The van der Waals surface area contributed by atoms with Crippen LogP contribution in [0.25, 0.3) is 10.9 Å². The van der Waals surface area contributed by atoms with E-state index in [1.165, 1.54) is 0 Å². The second-order valence-corrected chi connectivity index (χ2v) is 6.46. The van der Waals surface area contributed by atoms with Gasteiger partial charge in [-0.1, -0.05) is 18.2 Å². The summed E-state index contributed by atoms with van der Waals surface area (Å²) in [6.45, 7) is 7.09. The number of aryl methyl sites for hydroxylation is 1. The number of fused-ring (bicyclic) bond motifs is 1. The first kappa shape index (κ1) is 18.2. The summed E-state index contributed by atoms with van der Waals surface area (Å²) in [5.74, 6) is 0.0382. The molecule has 1 heterocycles. The van der Waals surface area contributed by atoms with Gasteiger partial charge in [0.25, 0.3) is 0 Å². The van der Waals surface area contributed by atoms with Crippen molar-refractivity contribution in [2.75, 3.05) is 13.1 Å². The lowest BCUT2D eigenvalue weighted by molar-refractivity contribution is 0.0800. The average Bonchev–Trinajstić information content (AvgIpc) is 2.90. The van der Waals surface area contributed by atoms with Gasteiger partial charge in [-0.2, -0.15) is 5.26 Å². The Balaban J connectivity index is 2.30. The zero-order valence-electron chi connectivity index (χ0n) is 14.6. The molecule has 2 rings (SSSR count). The topological polar surface area (TPSA) is 69.3 Å². The van der Waals surface area contributed by atoms with E-state index in [0.29, 0.717) is 25.1 Å². The number of aliphatic hydroxyl groups excluding tert-OH is 1. The summed E-state index contributed by atoms with van der Waals surface area (Å²) in [6, 6.07) is 10.1. The molecule has 5 nitrogen and oxygen atoms in total. The standard InChI is InChI=1S/C19H25N3O2/c1-14(2)22(11-15(3)23)13-19(24)17-12-21(10-6-9-20)18-8-5-4-7-16(17)18/h4-5,7-8,12,14-15,23H,6,10-11,13H2,1-3H3. The van der Waals surface area contributed by atoms with Gasteiger partial charge in [0.2, 0.25) is 0 Å². The summed E-state index contributed by atoms with van der Waals surface area (Å²) < 4.78 is 1.97. The molecule has 0 radical (unpaired) electrons. The molecular formula is C19H25N3O2. The second kappa shape index (κ2) is 8.09. The van der Waals surface area contributed by atoms with Gasteiger partial charge in [-0.15, -0.1) is 0 Å². The maximum absolute atomic E-state index is 12.8. The molecule has 1 aromatic carbocycles. The number of nitrogens with zero attached hydrogens (tertiary/aromatic N) is 3. The normalized spacial score (nSPS) is 12.7. The molecule has 0 saturated heterocycles. The Labute approximate surface area is 143 Å². The van der Waals surface area contributed by atoms with Crippen molar-refractivity contribution in [1.82, 2.24) is 9.47 Å². The van der Waals surface area contributed by atoms with Crippen molar-refractivity contribution in [3.8, 4) is 6.07 Å². The molecular weight excluding hydrogens is 302 g/mol. The molecule has 2 aromatic rings. The van der Waals surface area contributed by atoms with Crippen molar-refractivity contribution in [3.05, 3.63) is 36.0 Å². The van der Waals surface area contributed by atoms with Gasteiger partial charge in [0, 0.05) is 41.8 Å². The van der Waals surface area contributed by atoms with Gasteiger partial charge in [-0.05, 0) is 26.8 Å². The van der Waals surface area contributed by atoms with Crippen molar-refractivity contribution in [2.45, 2.75) is 45.9 Å². The summed E-state index contributed by atoms with van der Waals surface area (Å²) in [4.78, 5) is 14.8. The summed E-state index contributed by atoms with van der Waals surface area (Å²) >= 11 is 0. The van der Waals surface area contributed by atoms with Crippen molar-refractivity contribution in [2.24, 2.45) is 0 Å². The van der Waals surface area contributed by atoms with Crippen LogP contribution in [0.5, 0.6) is 0 Å². The SMILES string of the molecule is CC(O)CN(CC(=O)c1cn(CCC#N)c2ccccc12)C(C)C. The van der Waals surface area contributed by atoms with Crippen molar-refractivity contribution in [3.63, 3.8) is 0 Å². The highest BCUT2D eigenvalue weighted by atomic mass is 16.3. The third-order valence-electron chi connectivity index (χ3n) is 4.13. The third kappa shape index (κ3) is 4.22. The van der Waals surface area contributed by atoms with E-state index >= 15 is 0 Å². The van der Waals surface area contributed by atoms with Crippen LogP contribution in [-0.4, -0.2) is 45.6 Å². The molecule has 0 aliphatic heterocycles. The highest BCUT2D eigenvalue weighted by Gasteiger charge is 2.20. The van der Waals surface area contributed by atoms with E-state index in [9.17, 15) is 9.90 Å². The number of ketones is 1. The predicted octanol–water partition coefficient (Wildman–Crippen LogP) is 2.83. The van der Waals surface area contributed by atoms with Crippen LogP contribution >= 0.6 is 0 Å². The van der Waals surface area contributed by atoms with Crippen LogP contribution in [0, 0.1) is 11.3 Å². The van der Waals surface area contributed by atoms with E-state index in [1.807, 2.05) is 53.8 Å². The molecule has 1 aromatic heterocycles. The zero-order chi connectivity index (χ0) is 17.7. The number of aromatic nitrogens is 1. The number of carbonyl (C=O) groups excluding carboxylic acids is 1. The summed E-state index contributed by atoms with van der Waals surface area (Å²) in [5, 5.41) is 19.4. The molecule has 5 heteroatoms. The first-order valence-electron chi connectivity index (χ1n) is 8.34. The van der Waals surface area contributed by atoms with Gasteiger partial charge in [0.05, 0.1) is 25.1 Å². The fourth-order valence-electron chi connectivity index (χ4n) is 2.89. The summed E-state index contributed by atoms with van der Waals surface area (Å²) in [6.07, 6.45) is 1.79. The highest BCUT2D eigenvalue weighted by Crippen LogP contribution is 2.22. The van der Waals surface area contributed by atoms with E-state index in [2.05, 4.69) is 6.07 Å². The molecule has 0 aliphatic carbocycles. The van der Waals surface area contributed by atoms with Crippen LogP contribution in [0.15, 0.2) is 30.5 Å². The largest absolute Gasteiger partial charge is 0.392 e. The molecule has 0 fully saturated rings. The number of carbonyl (C=O) groups is 1. The van der Waals surface area contributed by atoms with E-state index < -0.39 is 6.10 Å². The van der Waals surface area contributed by atoms with Crippen LogP contribution in [-0.2, 0) is 6.54 Å². The lowest BCUT2D eigenvalue weighted by atomic mass is 10.1. The first-order valence-corrected chi connectivity index (χ1v) is 8.34. The molecule has 128 valence electrons. The predicted molar refractivity (Wildman–Crippen MR) is 94.9 cm³/mol. The van der Waals surface area contributed by atoms with E-state index in [0.717, 1.165) is 10.9 Å². The van der Waals surface area contributed by atoms with Crippen LogP contribution < -0.4 is 0 Å². The molecule has 0 aliphatic rings. The van der Waals surface area contributed by atoms with Crippen molar-refractivity contribution < 1.29 is 9.90 Å². The van der Waals surface area contributed by atoms with Crippen LogP contribution in [0.1, 0.15) is 37.6 Å². The molecule has 0 spiro atoms. The molecule has 1 unspecified atom stereocenters. The fourth-order valence-corrected chi connectivity index (χ4v) is 2.89. The van der Waals surface area contributed by atoms with Crippen molar-refractivity contribution >= 4 is 16.7 Å². The number of rotatable bonds is 8. The Hall–Kier alpha value is -2.16. The minimum Gasteiger partial charge on any atom is -0.392 e. The number of hydrogen-bond donors (Lipinski definition) is 1. The van der Waals surface area contributed by atoms with Gasteiger partial charge in [-0.25, -0.2) is 0 Å². The highest BCUT2D eigenvalue weighted by molar-refractivity contribution is 6.09. The molecule has 0 bridgehead atoms. The number of nitriles is 1. The van der Waals surface area contributed by atoms with Crippen LogP contribution in [0.4, 0.5) is 0 Å². The molecule has 1 N–H and O–H groups in total. The smallest absolute Gasteiger partial charge is 0.178 e. The van der Waals surface area contributed by atoms with Crippen molar-refractivity contribution in [1.29, 1.82) is 5.26 Å². The first-order chi connectivity index (χ1) is 11.4. The molecule has 0 amide bonds. The number of benzene rings is 1. The zero-order valence-corrected chi connectivity index (χ0v) is 14.6. The average molecular weight is 327 g/mol. The maximum atomic E-state index is 12.8. The molecule has 0 saturated carbocycles. The van der Waals surface area contributed by atoms with E-state index in [-0.39, 0.29) is 18.4 Å². The Morgan fingerprint density at radius 1 is 1.33 bits per heavy atom. The number of hydrogen-bond acceptors (Lipinski definition) is 4. The van der Waals surface area contributed by atoms with Gasteiger partial charge < -0.3 is 9.67 Å². The summed E-state index contributed by atoms with van der Waals surface area (Å²) in [5.41, 5.74) is 1.66. The number of Topliss-reactive ketones (excluding diaryl/α,β-unsaturated/α-hetero) is 1. The van der Waals surface area contributed by atoms with Crippen LogP contribution in [0.3, 0.4) is 0 Å². The third-order valence-corrected chi connectivity index (χ3v) is 4.13. The van der Waals surface area contributed by atoms with E-state index in [4.69, 9.17) is 5.26 Å². The Morgan fingerprint density at radius 2 is 2.04 bits per heavy atom. The lowest BCUT2D eigenvalue weighted by Gasteiger charge is -2.26. The Kier molecular flexibility index (Phi) is 6.13. The number of para-hydroxylation sites is 1. The monoisotopic (exact) mass is 327 g/mol. The quantitative estimate of drug-likeness (QED) is 0.757.